The summed E-state index contributed by atoms with van der Waals surface area (Å²) in [5.74, 6) is -0.136. The van der Waals surface area contributed by atoms with Gasteiger partial charge >= 0.3 is 6.61 Å². The second-order valence-electron chi connectivity index (χ2n) is 5.46. The summed E-state index contributed by atoms with van der Waals surface area (Å²) in [5, 5.41) is 0. The Balaban J connectivity index is 1.84. The van der Waals surface area contributed by atoms with E-state index in [0.717, 1.165) is 22.3 Å². The third-order valence-electron chi connectivity index (χ3n) is 3.73. The fourth-order valence-corrected chi connectivity index (χ4v) is 2.53. The van der Waals surface area contributed by atoms with E-state index in [-0.39, 0.29) is 11.6 Å². The molecule has 3 aromatic carbocycles. The molecule has 0 heterocycles. The highest BCUT2D eigenvalue weighted by molar-refractivity contribution is 5.71. The summed E-state index contributed by atoms with van der Waals surface area (Å²) in [4.78, 5) is 0. The Morgan fingerprint density at radius 2 is 1.29 bits per heavy atom. The van der Waals surface area contributed by atoms with E-state index in [9.17, 15) is 13.2 Å². The van der Waals surface area contributed by atoms with Crippen molar-refractivity contribution in [3.8, 4) is 28.0 Å². The summed E-state index contributed by atoms with van der Waals surface area (Å²) in [7, 11) is 0. The van der Waals surface area contributed by atoms with Crippen LogP contribution in [0.1, 0.15) is 5.56 Å². The van der Waals surface area contributed by atoms with Crippen LogP contribution in [0, 0.1) is 12.7 Å². The van der Waals surface area contributed by atoms with Crippen LogP contribution in [0.25, 0.3) is 22.3 Å². The van der Waals surface area contributed by atoms with Gasteiger partial charge in [0.15, 0.2) is 0 Å². The number of benzene rings is 3. The first kappa shape index (κ1) is 16.1. The first-order valence-electron chi connectivity index (χ1n) is 7.45. The molecule has 0 atom stereocenters. The molecule has 0 aliphatic carbocycles. The van der Waals surface area contributed by atoms with Gasteiger partial charge in [0, 0.05) is 5.56 Å². The van der Waals surface area contributed by atoms with E-state index < -0.39 is 6.61 Å². The topological polar surface area (TPSA) is 9.23 Å². The summed E-state index contributed by atoms with van der Waals surface area (Å²) in [6.07, 6.45) is 0. The van der Waals surface area contributed by atoms with E-state index in [2.05, 4.69) is 4.74 Å². The lowest BCUT2D eigenvalue weighted by Crippen LogP contribution is -2.01. The van der Waals surface area contributed by atoms with E-state index in [1.807, 2.05) is 37.3 Å². The number of hydrogen-bond acceptors (Lipinski definition) is 1. The highest BCUT2D eigenvalue weighted by Crippen LogP contribution is 2.28. The van der Waals surface area contributed by atoms with Gasteiger partial charge in [0.05, 0.1) is 0 Å². The molecule has 3 rings (SSSR count). The van der Waals surface area contributed by atoms with Gasteiger partial charge < -0.3 is 4.74 Å². The van der Waals surface area contributed by atoms with Gasteiger partial charge in [-0.1, -0.05) is 48.5 Å². The lowest BCUT2D eigenvalue weighted by molar-refractivity contribution is -0.0498. The third kappa shape index (κ3) is 3.59. The zero-order valence-corrected chi connectivity index (χ0v) is 13.0. The number of hydrogen-bond donors (Lipinski definition) is 0. The van der Waals surface area contributed by atoms with Crippen molar-refractivity contribution in [2.45, 2.75) is 13.5 Å². The van der Waals surface area contributed by atoms with Crippen molar-refractivity contribution in [2.24, 2.45) is 0 Å². The smallest absolute Gasteiger partial charge is 0.387 e. The normalized spacial score (nSPS) is 10.9. The Kier molecular flexibility index (Phi) is 4.56. The predicted molar refractivity (Wildman–Crippen MR) is 88.6 cm³/mol. The monoisotopic (exact) mass is 328 g/mol. The van der Waals surface area contributed by atoms with Crippen LogP contribution in [0.2, 0.25) is 0 Å². The fourth-order valence-electron chi connectivity index (χ4n) is 2.53. The number of ether oxygens (including phenoxy) is 1. The number of aryl methyl sites for hydroxylation is 1. The Morgan fingerprint density at radius 3 is 1.83 bits per heavy atom. The first-order valence-corrected chi connectivity index (χ1v) is 7.45. The molecule has 0 bridgehead atoms. The summed E-state index contributed by atoms with van der Waals surface area (Å²) < 4.78 is 42.7. The van der Waals surface area contributed by atoms with Crippen LogP contribution in [-0.4, -0.2) is 6.61 Å². The molecule has 1 nitrogen and oxygen atoms in total. The van der Waals surface area contributed by atoms with Crippen molar-refractivity contribution < 1.29 is 17.9 Å². The van der Waals surface area contributed by atoms with Crippen molar-refractivity contribution in [2.75, 3.05) is 0 Å². The average molecular weight is 328 g/mol. The van der Waals surface area contributed by atoms with Crippen LogP contribution in [-0.2, 0) is 0 Å². The molecule has 0 aromatic heterocycles. The molecule has 24 heavy (non-hydrogen) atoms. The molecule has 4 heteroatoms. The number of rotatable bonds is 4. The van der Waals surface area contributed by atoms with Crippen LogP contribution in [0.5, 0.6) is 5.75 Å². The maximum absolute atomic E-state index is 14.0. The predicted octanol–water partition coefficient (Wildman–Crippen LogP) is 6.07. The summed E-state index contributed by atoms with van der Waals surface area (Å²) in [6.45, 7) is -0.989. The van der Waals surface area contributed by atoms with E-state index in [1.165, 1.54) is 18.2 Å². The summed E-state index contributed by atoms with van der Waals surface area (Å²) >= 11 is 0. The van der Waals surface area contributed by atoms with Gasteiger partial charge in [-0.25, -0.2) is 4.39 Å². The molecule has 0 saturated carbocycles. The Labute approximate surface area is 138 Å². The van der Waals surface area contributed by atoms with Crippen molar-refractivity contribution in [3.05, 3.63) is 78.1 Å². The fraction of sp³-hybridized carbons (Fsp3) is 0.100. The molecule has 0 fully saturated rings. The molecule has 0 spiro atoms. The zero-order chi connectivity index (χ0) is 17.1. The van der Waals surface area contributed by atoms with Crippen LogP contribution < -0.4 is 4.74 Å². The van der Waals surface area contributed by atoms with Crippen molar-refractivity contribution in [1.82, 2.24) is 0 Å². The van der Waals surface area contributed by atoms with Crippen LogP contribution in [0.4, 0.5) is 13.2 Å². The van der Waals surface area contributed by atoms with Crippen LogP contribution in [0.3, 0.4) is 0 Å². The summed E-state index contributed by atoms with van der Waals surface area (Å²) in [6, 6.07) is 19.0. The minimum absolute atomic E-state index is 0.118. The average Bonchev–Trinajstić information content (AvgIpc) is 2.55. The molecule has 0 N–H and O–H groups in total. The van der Waals surface area contributed by atoms with Gasteiger partial charge in [-0.2, -0.15) is 8.78 Å². The standard InChI is InChI=1S/C20H15F3O/c1-13-2-11-18(19(21)12-13)16-5-3-14(4-6-16)15-7-9-17(10-8-15)24-20(22)23/h2-12,20H,1H3. The first-order chi connectivity index (χ1) is 11.5. The van der Waals surface area contributed by atoms with E-state index in [4.69, 9.17) is 0 Å². The molecular weight excluding hydrogens is 313 g/mol. The van der Waals surface area contributed by atoms with Crippen LogP contribution in [0.15, 0.2) is 66.7 Å². The second-order valence-corrected chi connectivity index (χ2v) is 5.46. The Morgan fingerprint density at radius 1 is 0.750 bits per heavy atom. The molecule has 0 aliphatic heterocycles. The molecule has 0 amide bonds. The molecule has 122 valence electrons. The van der Waals surface area contributed by atoms with Gasteiger partial charge in [-0.15, -0.1) is 0 Å². The van der Waals surface area contributed by atoms with E-state index in [0.29, 0.717) is 5.56 Å². The quantitative estimate of drug-likeness (QED) is 0.565. The maximum Gasteiger partial charge on any atom is 0.387 e. The van der Waals surface area contributed by atoms with E-state index in [1.54, 1.807) is 18.2 Å². The van der Waals surface area contributed by atoms with Crippen molar-refractivity contribution in [1.29, 1.82) is 0 Å². The molecule has 3 aromatic rings. The largest absolute Gasteiger partial charge is 0.435 e. The van der Waals surface area contributed by atoms with Crippen molar-refractivity contribution in [3.63, 3.8) is 0 Å². The Hall–Kier alpha value is -2.75. The summed E-state index contributed by atoms with van der Waals surface area (Å²) in [5.41, 5.74) is 3.99. The van der Waals surface area contributed by atoms with Crippen LogP contribution >= 0.6 is 0 Å². The molecule has 0 saturated heterocycles. The van der Waals surface area contributed by atoms with Gasteiger partial charge in [0.1, 0.15) is 11.6 Å². The SMILES string of the molecule is Cc1ccc(-c2ccc(-c3ccc(OC(F)F)cc3)cc2)c(F)c1. The Bertz CT molecular complexity index is 825. The maximum atomic E-state index is 14.0. The molecular formula is C20H15F3O. The molecule has 0 radical (unpaired) electrons. The highest BCUT2D eigenvalue weighted by Gasteiger charge is 2.07. The van der Waals surface area contributed by atoms with Gasteiger partial charge in [-0.3, -0.25) is 0 Å². The van der Waals surface area contributed by atoms with Gasteiger partial charge in [0.2, 0.25) is 0 Å². The van der Waals surface area contributed by atoms with E-state index >= 15 is 0 Å². The number of halogens is 3. The third-order valence-corrected chi connectivity index (χ3v) is 3.73. The molecule has 0 aliphatic rings. The lowest BCUT2D eigenvalue weighted by atomic mass is 9.99. The highest BCUT2D eigenvalue weighted by atomic mass is 19.3. The second kappa shape index (κ2) is 6.79. The minimum Gasteiger partial charge on any atom is -0.435 e. The van der Waals surface area contributed by atoms with Gasteiger partial charge in [-0.05, 0) is 47.4 Å². The lowest BCUT2D eigenvalue weighted by Gasteiger charge is -2.08. The zero-order valence-electron chi connectivity index (χ0n) is 13.0. The van der Waals surface area contributed by atoms with Gasteiger partial charge in [0.25, 0.3) is 0 Å². The van der Waals surface area contributed by atoms with Crippen molar-refractivity contribution >= 4 is 0 Å². The minimum atomic E-state index is -2.83. The molecule has 0 unspecified atom stereocenters. The number of alkyl halides is 2.